The minimum absolute atomic E-state index is 0.0771. The Balaban J connectivity index is 0.000000193. The first kappa shape index (κ1) is 38.7. The molecule has 1 aromatic heterocycles. The first-order chi connectivity index (χ1) is 26.0. The van der Waals surface area contributed by atoms with E-state index >= 15 is 0 Å². The van der Waals surface area contributed by atoms with Crippen LogP contribution in [-0.4, -0.2) is 55.4 Å². The zero-order chi connectivity index (χ0) is 38.1. The van der Waals surface area contributed by atoms with Crippen LogP contribution in [-0.2, 0) is 23.1 Å². The molecule has 9 nitrogen and oxygen atoms in total. The van der Waals surface area contributed by atoms with E-state index in [0.29, 0.717) is 46.4 Å². The Hall–Kier alpha value is -4.97. The van der Waals surface area contributed by atoms with Gasteiger partial charge in [0, 0.05) is 58.4 Å². The number of anilines is 2. The molecule has 2 amide bonds. The van der Waals surface area contributed by atoms with Crippen LogP contribution in [0.3, 0.4) is 0 Å². The van der Waals surface area contributed by atoms with Gasteiger partial charge >= 0.3 is 0 Å². The lowest BCUT2D eigenvalue weighted by Crippen LogP contribution is -2.39. The van der Waals surface area contributed by atoms with Gasteiger partial charge in [0.15, 0.2) is 0 Å². The highest BCUT2D eigenvalue weighted by Gasteiger charge is 2.28. The van der Waals surface area contributed by atoms with E-state index in [2.05, 4.69) is 15.6 Å². The minimum atomic E-state index is -3.92. The lowest BCUT2D eigenvalue weighted by atomic mass is 9.93. The predicted octanol–water partition coefficient (Wildman–Crippen LogP) is 8.55. The van der Waals surface area contributed by atoms with Crippen molar-refractivity contribution in [1.29, 1.82) is 0 Å². The molecule has 0 bridgehead atoms. The van der Waals surface area contributed by atoms with Crippen molar-refractivity contribution >= 4 is 56.4 Å². The Morgan fingerprint density at radius 1 is 0.833 bits per heavy atom. The monoisotopic (exact) mass is 787 g/mol. The summed E-state index contributed by atoms with van der Waals surface area (Å²) in [7, 11) is -3.92. The summed E-state index contributed by atoms with van der Waals surface area (Å²) in [5.74, 6) is -0.308. The number of alkyl halides is 1. The lowest BCUT2D eigenvalue weighted by molar-refractivity contribution is 0.0782. The Morgan fingerprint density at radius 3 is 2.15 bits per heavy atom. The molecule has 2 aliphatic rings. The number of nitrogens with one attached hydrogen (secondary N) is 2. The van der Waals surface area contributed by atoms with Crippen molar-refractivity contribution in [2.75, 3.05) is 22.7 Å². The molecule has 7 rings (SSSR count). The number of benzene rings is 4. The largest absolute Gasteiger partial charge is 0.381 e. The molecule has 1 atom stereocenters. The second-order valence-electron chi connectivity index (χ2n) is 13.2. The third-order valence-electron chi connectivity index (χ3n) is 9.24. The lowest BCUT2D eigenvalue weighted by Gasteiger charge is -2.27. The zero-order valence-corrected chi connectivity index (χ0v) is 31.7. The molecule has 1 saturated heterocycles. The van der Waals surface area contributed by atoms with Crippen molar-refractivity contribution in [2.24, 2.45) is 0 Å². The van der Waals surface area contributed by atoms with Gasteiger partial charge in [-0.15, -0.1) is 0 Å². The smallest absolute Gasteiger partial charge is 0.266 e. The molecule has 0 radical (unpaired) electrons. The fourth-order valence-corrected chi connectivity index (χ4v) is 7.64. The SMILES string of the molecule is O=C(NC1CCC1)c1cccc(N(Cc2ccc(Cl)cc2)S(=O)(=O)c2cccnc2)c1.O=C(c1cccc(NCc2ccc(Cl)cc2)c1)N1CC[C@@H](F)C1. The van der Waals surface area contributed by atoms with Crippen molar-refractivity contribution in [1.82, 2.24) is 15.2 Å². The van der Waals surface area contributed by atoms with Gasteiger partial charge < -0.3 is 15.5 Å². The zero-order valence-electron chi connectivity index (χ0n) is 29.4. The Labute approximate surface area is 325 Å². The standard InChI is InChI=1S/C23H22ClN3O3S.C18H18ClFN2O/c24-19-11-9-17(10-12-19)16-27(31(29,30)22-8-3-13-25-15-22)21-7-1-4-18(14-21)23(28)26-20-5-2-6-20;19-15-6-4-13(5-7-15)11-21-17-3-1-2-14(10-17)18(23)22-9-8-16(20)12-22/h1,3-4,7-15,20H,2,5-6,16H2,(H,26,28);1-7,10,16,21H,8-9,11-12H2/t;16-/m.1/s1. The van der Waals surface area contributed by atoms with Gasteiger partial charge in [-0.2, -0.15) is 0 Å². The summed E-state index contributed by atoms with van der Waals surface area (Å²) in [6, 6.07) is 31.9. The fraction of sp³-hybridized carbons (Fsp3) is 0.244. The minimum Gasteiger partial charge on any atom is -0.381 e. The van der Waals surface area contributed by atoms with Crippen LogP contribution in [0.4, 0.5) is 15.8 Å². The number of nitrogens with zero attached hydrogens (tertiary/aromatic N) is 3. The summed E-state index contributed by atoms with van der Waals surface area (Å²) in [4.78, 5) is 30.6. The van der Waals surface area contributed by atoms with Gasteiger partial charge in [-0.3, -0.25) is 18.9 Å². The van der Waals surface area contributed by atoms with Gasteiger partial charge in [-0.1, -0.05) is 59.6 Å². The number of pyridine rings is 1. The Morgan fingerprint density at radius 2 is 1.52 bits per heavy atom. The van der Waals surface area contributed by atoms with Crippen molar-refractivity contribution in [3.05, 3.63) is 154 Å². The number of halogens is 3. The van der Waals surface area contributed by atoms with E-state index in [1.165, 1.54) is 22.8 Å². The van der Waals surface area contributed by atoms with Gasteiger partial charge in [-0.25, -0.2) is 12.8 Å². The summed E-state index contributed by atoms with van der Waals surface area (Å²) >= 11 is 11.8. The highest BCUT2D eigenvalue weighted by molar-refractivity contribution is 7.92. The number of likely N-dealkylation sites (tertiary alicyclic amines) is 1. The Bertz CT molecular complexity index is 2160. The molecule has 13 heteroatoms. The molecule has 2 fully saturated rings. The molecule has 2 heterocycles. The van der Waals surface area contributed by atoms with Crippen LogP contribution in [0.15, 0.2) is 126 Å². The maximum Gasteiger partial charge on any atom is 0.266 e. The molecular formula is C41H40Cl2FN5O4S. The summed E-state index contributed by atoms with van der Waals surface area (Å²) in [5, 5.41) is 7.56. The van der Waals surface area contributed by atoms with Crippen LogP contribution >= 0.6 is 23.2 Å². The van der Waals surface area contributed by atoms with Gasteiger partial charge in [-0.05, 0) is 110 Å². The summed E-state index contributed by atoms with van der Waals surface area (Å²) in [5.41, 5.74) is 4.14. The number of carbonyl (C=O) groups is 2. The van der Waals surface area contributed by atoms with Gasteiger partial charge in [0.25, 0.3) is 21.8 Å². The average Bonchev–Trinajstić information content (AvgIpc) is 3.62. The third-order valence-corrected chi connectivity index (χ3v) is 11.5. The second kappa shape index (κ2) is 17.9. The highest BCUT2D eigenvalue weighted by atomic mass is 35.5. The summed E-state index contributed by atoms with van der Waals surface area (Å²) in [6.45, 7) is 1.41. The van der Waals surface area contributed by atoms with Crippen LogP contribution in [0, 0.1) is 0 Å². The molecule has 2 N–H and O–H groups in total. The molecule has 4 aromatic carbocycles. The van der Waals surface area contributed by atoms with Crippen LogP contribution in [0.1, 0.15) is 57.5 Å². The number of hydrogen-bond donors (Lipinski definition) is 2. The van der Waals surface area contributed by atoms with Crippen molar-refractivity contribution in [3.8, 4) is 0 Å². The average molecular weight is 789 g/mol. The molecule has 0 unspecified atom stereocenters. The van der Waals surface area contributed by atoms with E-state index in [-0.39, 0.29) is 35.8 Å². The second-order valence-corrected chi connectivity index (χ2v) is 15.9. The third kappa shape index (κ3) is 10.2. The van der Waals surface area contributed by atoms with Crippen LogP contribution in [0.25, 0.3) is 0 Å². The molecule has 1 aliphatic heterocycles. The normalized spacial score (nSPS) is 15.4. The van der Waals surface area contributed by atoms with E-state index in [4.69, 9.17) is 23.2 Å². The fourth-order valence-electron chi connectivity index (χ4n) is 5.97. The summed E-state index contributed by atoms with van der Waals surface area (Å²) in [6.07, 6.45) is 5.44. The van der Waals surface area contributed by atoms with Crippen molar-refractivity contribution < 1.29 is 22.4 Å². The molecule has 1 saturated carbocycles. The van der Waals surface area contributed by atoms with Gasteiger partial charge in [0.1, 0.15) is 11.1 Å². The maximum absolute atomic E-state index is 13.5. The number of hydrogen-bond acceptors (Lipinski definition) is 6. The van der Waals surface area contributed by atoms with Gasteiger partial charge in [0.2, 0.25) is 0 Å². The van der Waals surface area contributed by atoms with Crippen molar-refractivity contribution in [2.45, 2.75) is 55.9 Å². The quantitative estimate of drug-likeness (QED) is 0.139. The number of sulfonamides is 1. The first-order valence-electron chi connectivity index (χ1n) is 17.6. The van der Waals surface area contributed by atoms with E-state index in [1.807, 2.05) is 42.5 Å². The van der Waals surface area contributed by atoms with E-state index in [0.717, 1.165) is 36.1 Å². The number of rotatable bonds is 11. The molecule has 1 aliphatic carbocycles. The first-order valence-corrected chi connectivity index (χ1v) is 19.8. The number of carbonyl (C=O) groups excluding carboxylic acids is 2. The number of amides is 2. The van der Waals surface area contributed by atoms with Gasteiger partial charge in [0.05, 0.1) is 18.8 Å². The topological polar surface area (TPSA) is 112 Å². The highest BCUT2D eigenvalue weighted by Crippen LogP contribution is 2.28. The van der Waals surface area contributed by atoms with E-state index in [1.54, 1.807) is 65.6 Å². The Kier molecular flexibility index (Phi) is 12.8. The van der Waals surface area contributed by atoms with Crippen molar-refractivity contribution in [3.63, 3.8) is 0 Å². The van der Waals surface area contributed by atoms with Crippen LogP contribution < -0.4 is 14.9 Å². The summed E-state index contributed by atoms with van der Waals surface area (Å²) < 4.78 is 41.5. The molecule has 0 spiro atoms. The number of aromatic nitrogens is 1. The van der Waals surface area contributed by atoms with Crippen LogP contribution in [0.5, 0.6) is 0 Å². The molecule has 280 valence electrons. The maximum atomic E-state index is 13.5. The molecular weight excluding hydrogens is 748 g/mol. The predicted molar refractivity (Wildman–Crippen MR) is 211 cm³/mol. The molecule has 5 aromatic rings. The van der Waals surface area contributed by atoms with Crippen LogP contribution in [0.2, 0.25) is 10.0 Å². The van der Waals surface area contributed by atoms with E-state index in [9.17, 15) is 22.4 Å². The van der Waals surface area contributed by atoms with E-state index < -0.39 is 16.2 Å². The molecule has 54 heavy (non-hydrogen) atoms.